The van der Waals surface area contributed by atoms with E-state index in [1.165, 1.54) is 0 Å². The third-order valence-electron chi connectivity index (χ3n) is 4.51. The average Bonchev–Trinajstić information content (AvgIpc) is 3.36. The van der Waals surface area contributed by atoms with Crippen molar-refractivity contribution in [2.24, 2.45) is 0 Å². The number of nitrogens with zero attached hydrogens (tertiary/aromatic N) is 2. The SMILES string of the molecule is COc1ccccc1CNC(=O)C(=O)NC[C@H](c1cccs1)n1nc(C)cc1C. The van der Waals surface area contributed by atoms with Crippen LogP contribution >= 0.6 is 11.3 Å². The summed E-state index contributed by atoms with van der Waals surface area (Å²) in [5, 5.41) is 11.9. The van der Waals surface area contributed by atoms with Gasteiger partial charge in [-0.3, -0.25) is 14.3 Å². The largest absolute Gasteiger partial charge is 0.496 e. The first-order chi connectivity index (χ1) is 14.0. The molecule has 0 bridgehead atoms. The summed E-state index contributed by atoms with van der Waals surface area (Å²) in [6, 6.07) is 13.1. The van der Waals surface area contributed by atoms with Crippen molar-refractivity contribution in [3.63, 3.8) is 0 Å². The van der Waals surface area contributed by atoms with Gasteiger partial charge in [-0.15, -0.1) is 11.3 Å². The third kappa shape index (κ3) is 5.03. The van der Waals surface area contributed by atoms with Crippen LogP contribution in [0.4, 0.5) is 0 Å². The minimum atomic E-state index is -0.686. The van der Waals surface area contributed by atoms with Crippen LogP contribution in [0.25, 0.3) is 0 Å². The summed E-state index contributed by atoms with van der Waals surface area (Å²) < 4.78 is 7.14. The summed E-state index contributed by atoms with van der Waals surface area (Å²) in [5.41, 5.74) is 2.70. The van der Waals surface area contributed by atoms with Crippen LogP contribution in [-0.2, 0) is 16.1 Å². The number of ether oxygens (including phenoxy) is 1. The highest BCUT2D eigenvalue weighted by Crippen LogP contribution is 2.24. The van der Waals surface area contributed by atoms with Crippen molar-refractivity contribution >= 4 is 23.2 Å². The Bertz CT molecular complexity index is 982. The van der Waals surface area contributed by atoms with E-state index < -0.39 is 11.8 Å². The lowest BCUT2D eigenvalue weighted by molar-refractivity contribution is -0.139. The highest BCUT2D eigenvalue weighted by molar-refractivity contribution is 7.10. The zero-order valence-corrected chi connectivity index (χ0v) is 17.5. The Morgan fingerprint density at radius 1 is 1.14 bits per heavy atom. The molecule has 1 atom stereocenters. The Balaban J connectivity index is 1.62. The maximum absolute atomic E-state index is 12.3. The van der Waals surface area contributed by atoms with Crippen LogP contribution in [0.2, 0.25) is 0 Å². The molecular formula is C21H24N4O3S. The van der Waals surface area contributed by atoms with E-state index in [9.17, 15) is 9.59 Å². The molecule has 0 saturated heterocycles. The van der Waals surface area contributed by atoms with Gasteiger partial charge in [-0.25, -0.2) is 0 Å². The smallest absolute Gasteiger partial charge is 0.309 e. The minimum Gasteiger partial charge on any atom is -0.496 e. The lowest BCUT2D eigenvalue weighted by Gasteiger charge is -2.19. The lowest BCUT2D eigenvalue weighted by atomic mass is 10.2. The molecule has 152 valence electrons. The summed E-state index contributed by atoms with van der Waals surface area (Å²) in [5.74, 6) is -0.701. The molecule has 0 unspecified atom stereocenters. The second kappa shape index (κ2) is 9.38. The number of rotatable bonds is 7. The first-order valence-corrected chi connectivity index (χ1v) is 10.1. The van der Waals surface area contributed by atoms with Crippen LogP contribution in [0.1, 0.15) is 27.9 Å². The molecule has 0 aliphatic heterocycles. The molecule has 7 nitrogen and oxygen atoms in total. The number of nitrogens with one attached hydrogen (secondary N) is 2. The number of aromatic nitrogens is 2. The average molecular weight is 413 g/mol. The second-order valence-corrected chi connectivity index (χ2v) is 7.59. The number of benzene rings is 1. The van der Waals surface area contributed by atoms with Gasteiger partial charge < -0.3 is 15.4 Å². The van der Waals surface area contributed by atoms with Crippen LogP contribution in [0.3, 0.4) is 0 Å². The maximum Gasteiger partial charge on any atom is 0.309 e. The normalized spacial score (nSPS) is 11.7. The van der Waals surface area contributed by atoms with Gasteiger partial charge in [-0.1, -0.05) is 24.3 Å². The number of hydrogen-bond donors (Lipinski definition) is 2. The summed E-state index contributed by atoms with van der Waals surface area (Å²) in [6.45, 7) is 4.38. The van der Waals surface area contributed by atoms with Gasteiger partial charge in [0.15, 0.2) is 0 Å². The van der Waals surface area contributed by atoms with E-state index in [0.717, 1.165) is 21.8 Å². The van der Waals surface area contributed by atoms with Gasteiger partial charge in [0.25, 0.3) is 0 Å². The highest BCUT2D eigenvalue weighted by atomic mass is 32.1. The van der Waals surface area contributed by atoms with Crippen molar-refractivity contribution in [3.05, 3.63) is 69.7 Å². The summed E-state index contributed by atoms with van der Waals surface area (Å²) >= 11 is 1.59. The van der Waals surface area contributed by atoms with Crippen molar-refractivity contribution < 1.29 is 14.3 Å². The van der Waals surface area contributed by atoms with Crippen molar-refractivity contribution in [2.45, 2.75) is 26.4 Å². The van der Waals surface area contributed by atoms with Crippen LogP contribution in [0, 0.1) is 13.8 Å². The van der Waals surface area contributed by atoms with Crippen LogP contribution in [0.15, 0.2) is 47.8 Å². The maximum atomic E-state index is 12.3. The summed E-state index contributed by atoms with van der Waals surface area (Å²) in [4.78, 5) is 25.6. The first kappa shape index (κ1) is 20.6. The molecule has 0 spiro atoms. The van der Waals surface area contributed by atoms with E-state index in [2.05, 4.69) is 15.7 Å². The molecule has 2 N–H and O–H groups in total. The Hall–Kier alpha value is -3.13. The topological polar surface area (TPSA) is 85.2 Å². The van der Waals surface area contributed by atoms with E-state index in [0.29, 0.717) is 5.75 Å². The van der Waals surface area contributed by atoms with Crippen LogP contribution < -0.4 is 15.4 Å². The van der Waals surface area contributed by atoms with Gasteiger partial charge in [0.2, 0.25) is 0 Å². The van der Waals surface area contributed by atoms with Gasteiger partial charge in [-0.2, -0.15) is 5.10 Å². The van der Waals surface area contributed by atoms with E-state index >= 15 is 0 Å². The highest BCUT2D eigenvalue weighted by Gasteiger charge is 2.21. The molecule has 29 heavy (non-hydrogen) atoms. The van der Waals surface area contributed by atoms with Crippen molar-refractivity contribution in [1.82, 2.24) is 20.4 Å². The molecule has 8 heteroatoms. The predicted molar refractivity (Wildman–Crippen MR) is 112 cm³/mol. The number of thiophene rings is 1. The fourth-order valence-electron chi connectivity index (χ4n) is 3.12. The second-order valence-electron chi connectivity index (χ2n) is 6.61. The van der Waals surface area contributed by atoms with E-state index in [-0.39, 0.29) is 19.1 Å². The molecule has 3 rings (SSSR count). The zero-order chi connectivity index (χ0) is 20.8. The van der Waals surface area contributed by atoms with Crippen molar-refractivity contribution in [1.29, 1.82) is 0 Å². The molecular weight excluding hydrogens is 388 g/mol. The van der Waals surface area contributed by atoms with Gasteiger partial charge in [-0.05, 0) is 37.4 Å². The quantitative estimate of drug-likeness (QED) is 0.584. The monoisotopic (exact) mass is 412 g/mol. The number of carbonyl (C=O) groups excluding carboxylic acids is 2. The standard InChI is InChI=1S/C21H24N4O3S/c1-14-11-15(2)25(24-14)17(19-9-6-10-29-19)13-23-21(27)20(26)22-12-16-7-4-5-8-18(16)28-3/h4-11,17H,12-13H2,1-3H3,(H,22,26)(H,23,27)/t17-/m1/s1. The van der Waals surface area contributed by atoms with E-state index in [1.807, 2.05) is 66.4 Å². The molecule has 1 aromatic carbocycles. The fraction of sp³-hybridized carbons (Fsp3) is 0.286. The molecule has 3 aromatic rings. The van der Waals surface area contributed by atoms with Gasteiger partial charge in [0.05, 0.1) is 12.8 Å². The first-order valence-electron chi connectivity index (χ1n) is 9.23. The van der Waals surface area contributed by atoms with Crippen LogP contribution in [-0.4, -0.2) is 35.2 Å². The Labute approximate surface area is 173 Å². The van der Waals surface area contributed by atoms with E-state index in [1.54, 1.807) is 18.4 Å². The summed E-state index contributed by atoms with van der Waals surface area (Å²) in [7, 11) is 1.57. The van der Waals surface area contributed by atoms with Gasteiger partial charge in [0, 0.05) is 29.2 Å². The van der Waals surface area contributed by atoms with Gasteiger partial charge in [0.1, 0.15) is 11.8 Å². The number of methoxy groups -OCH3 is 1. The molecule has 0 saturated carbocycles. The summed E-state index contributed by atoms with van der Waals surface area (Å²) in [6.07, 6.45) is 0. The molecule has 2 aromatic heterocycles. The Morgan fingerprint density at radius 2 is 1.90 bits per heavy atom. The number of hydrogen-bond acceptors (Lipinski definition) is 5. The number of aryl methyl sites for hydroxylation is 2. The lowest BCUT2D eigenvalue weighted by Crippen LogP contribution is -2.42. The zero-order valence-electron chi connectivity index (χ0n) is 16.6. The van der Waals surface area contributed by atoms with Gasteiger partial charge >= 0.3 is 11.8 Å². The predicted octanol–water partition coefficient (Wildman–Crippen LogP) is 2.59. The molecule has 0 radical (unpaired) electrons. The molecule has 0 aliphatic rings. The fourth-order valence-corrected chi connectivity index (χ4v) is 3.94. The third-order valence-corrected chi connectivity index (χ3v) is 5.48. The van der Waals surface area contributed by atoms with E-state index in [4.69, 9.17) is 4.74 Å². The Kier molecular flexibility index (Phi) is 6.66. The van der Waals surface area contributed by atoms with Crippen LogP contribution in [0.5, 0.6) is 5.75 Å². The number of amides is 2. The number of para-hydroxylation sites is 1. The molecule has 0 fully saturated rings. The van der Waals surface area contributed by atoms with Crippen molar-refractivity contribution in [3.8, 4) is 5.75 Å². The van der Waals surface area contributed by atoms with Crippen molar-refractivity contribution in [2.75, 3.05) is 13.7 Å². The number of carbonyl (C=O) groups is 2. The molecule has 2 heterocycles. The Morgan fingerprint density at radius 3 is 2.55 bits per heavy atom. The minimum absolute atomic E-state index is 0.172. The molecule has 2 amide bonds. The molecule has 0 aliphatic carbocycles.